The molecule has 0 bridgehead atoms. The predicted molar refractivity (Wildman–Crippen MR) is 103 cm³/mol. The average Bonchev–Trinajstić information content (AvgIpc) is 3.08. The van der Waals surface area contributed by atoms with Crippen LogP contribution in [0.1, 0.15) is 18.4 Å². The highest BCUT2D eigenvalue weighted by molar-refractivity contribution is 7.89. The van der Waals surface area contributed by atoms with Crippen LogP contribution in [0.15, 0.2) is 29.2 Å². The van der Waals surface area contributed by atoms with E-state index >= 15 is 0 Å². The number of benzene rings is 1. The Morgan fingerprint density at radius 3 is 2.29 bits per heavy atom. The van der Waals surface area contributed by atoms with Crippen molar-refractivity contribution in [2.45, 2.75) is 24.7 Å². The summed E-state index contributed by atoms with van der Waals surface area (Å²) in [6.45, 7) is 5.94. The third-order valence-corrected chi connectivity index (χ3v) is 8.21. The molecule has 3 heterocycles. The molecule has 0 aromatic heterocycles. The van der Waals surface area contributed by atoms with Crippen LogP contribution < -0.4 is 0 Å². The van der Waals surface area contributed by atoms with Gasteiger partial charge in [-0.1, -0.05) is 17.7 Å². The van der Waals surface area contributed by atoms with Gasteiger partial charge in [0.15, 0.2) is 0 Å². The van der Waals surface area contributed by atoms with E-state index in [2.05, 4.69) is 0 Å². The van der Waals surface area contributed by atoms with E-state index in [1.165, 1.54) is 4.31 Å². The monoisotopic (exact) mass is 408 g/mol. The Hall–Kier alpha value is -1.48. The number of ether oxygens (including phenoxy) is 2. The second-order valence-corrected chi connectivity index (χ2v) is 10.0. The highest BCUT2D eigenvalue weighted by Gasteiger charge is 2.54. The van der Waals surface area contributed by atoms with E-state index in [1.807, 2.05) is 24.0 Å². The number of hydrogen-bond donors (Lipinski definition) is 0. The Morgan fingerprint density at radius 2 is 1.64 bits per heavy atom. The van der Waals surface area contributed by atoms with Crippen molar-refractivity contribution >= 4 is 15.9 Å². The van der Waals surface area contributed by atoms with Gasteiger partial charge in [-0.2, -0.15) is 4.31 Å². The molecule has 3 aliphatic rings. The summed E-state index contributed by atoms with van der Waals surface area (Å²) in [5.74, 6) is -0.262. The SMILES string of the molecule is Cc1ccc(S(=O)(=O)N2C[C@H](C(=O)N3CCOCC3)C3(CCOCC3)C2)cc1. The lowest BCUT2D eigenvalue weighted by Gasteiger charge is -2.39. The molecule has 0 aliphatic carbocycles. The molecule has 0 N–H and O–H groups in total. The topological polar surface area (TPSA) is 76.2 Å². The fraction of sp³-hybridized carbons (Fsp3) is 0.650. The van der Waals surface area contributed by atoms with Gasteiger partial charge in [-0.3, -0.25) is 4.79 Å². The summed E-state index contributed by atoms with van der Waals surface area (Å²) >= 11 is 0. The standard InChI is InChI=1S/C20H28N2O5S/c1-16-2-4-17(5-3-16)28(24,25)22-14-18(19(23)21-8-12-27-13-9-21)20(15-22)6-10-26-11-7-20/h2-5,18H,6-15H2,1H3/t18-/m1/s1. The normalized spacial score (nSPS) is 25.9. The molecule has 1 amide bonds. The van der Waals surface area contributed by atoms with E-state index < -0.39 is 10.0 Å². The third kappa shape index (κ3) is 3.58. The third-order valence-electron chi connectivity index (χ3n) is 6.38. The molecule has 1 atom stereocenters. The van der Waals surface area contributed by atoms with Crippen molar-refractivity contribution in [3.8, 4) is 0 Å². The summed E-state index contributed by atoms with van der Waals surface area (Å²) in [4.78, 5) is 15.5. The van der Waals surface area contributed by atoms with Gasteiger partial charge in [-0.25, -0.2) is 8.42 Å². The maximum absolute atomic E-state index is 13.3. The first-order valence-corrected chi connectivity index (χ1v) is 11.4. The first-order chi connectivity index (χ1) is 13.4. The van der Waals surface area contributed by atoms with Gasteiger partial charge in [-0.15, -0.1) is 0 Å². The number of amides is 1. The Balaban J connectivity index is 1.62. The summed E-state index contributed by atoms with van der Waals surface area (Å²) < 4.78 is 39.0. The quantitative estimate of drug-likeness (QED) is 0.753. The molecular weight excluding hydrogens is 380 g/mol. The van der Waals surface area contributed by atoms with Crippen LogP contribution in [0.5, 0.6) is 0 Å². The van der Waals surface area contributed by atoms with Crippen molar-refractivity contribution in [3.63, 3.8) is 0 Å². The van der Waals surface area contributed by atoms with Gasteiger partial charge in [0.05, 0.1) is 24.0 Å². The molecule has 1 aromatic carbocycles. The molecule has 1 aromatic rings. The van der Waals surface area contributed by atoms with E-state index in [4.69, 9.17) is 9.47 Å². The molecule has 7 nitrogen and oxygen atoms in total. The fourth-order valence-corrected chi connectivity index (χ4v) is 6.14. The molecule has 4 rings (SSSR count). The van der Waals surface area contributed by atoms with Crippen molar-refractivity contribution < 1.29 is 22.7 Å². The smallest absolute Gasteiger partial charge is 0.243 e. The maximum Gasteiger partial charge on any atom is 0.243 e. The summed E-state index contributed by atoms with van der Waals surface area (Å²) in [6.07, 6.45) is 1.43. The van der Waals surface area contributed by atoms with Crippen molar-refractivity contribution in [1.29, 1.82) is 0 Å². The van der Waals surface area contributed by atoms with Crippen LogP contribution in [-0.2, 0) is 24.3 Å². The molecule has 28 heavy (non-hydrogen) atoms. The molecule has 3 fully saturated rings. The van der Waals surface area contributed by atoms with Crippen molar-refractivity contribution in [2.24, 2.45) is 11.3 Å². The maximum atomic E-state index is 13.3. The first kappa shape index (κ1) is 19.8. The van der Waals surface area contributed by atoms with Crippen LogP contribution >= 0.6 is 0 Å². The molecule has 0 unspecified atom stereocenters. The van der Waals surface area contributed by atoms with E-state index in [9.17, 15) is 13.2 Å². The van der Waals surface area contributed by atoms with E-state index in [-0.39, 0.29) is 23.8 Å². The van der Waals surface area contributed by atoms with Crippen LogP contribution in [0.4, 0.5) is 0 Å². The van der Waals surface area contributed by atoms with Gasteiger partial charge < -0.3 is 14.4 Å². The molecule has 3 aliphatic heterocycles. The van der Waals surface area contributed by atoms with E-state index in [1.54, 1.807) is 12.1 Å². The Kier molecular flexibility index (Phi) is 5.48. The van der Waals surface area contributed by atoms with Gasteiger partial charge in [0.1, 0.15) is 0 Å². The van der Waals surface area contributed by atoms with Gasteiger partial charge in [0.2, 0.25) is 15.9 Å². The molecule has 1 spiro atoms. The van der Waals surface area contributed by atoms with Gasteiger partial charge in [0, 0.05) is 44.8 Å². The minimum Gasteiger partial charge on any atom is -0.381 e. The summed E-state index contributed by atoms with van der Waals surface area (Å²) in [5, 5.41) is 0. The van der Waals surface area contributed by atoms with E-state index in [0.717, 1.165) is 5.56 Å². The molecule has 154 valence electrons. The zero-order valence-electron chi connectivity index (χ0n) is 16.3. The number of carbonyl (C=O) groups is 1. The summed E-state index contributed by atoms with van der Waals surface area (Å²) in [5.41, 5.74) is 0.674. The molecular formula is C20H28N2O5S. The highest BCUT2D eigenvalue weighted by Crippen LogP contribution is 2.46. The molecule has 0 saturated carbocycles. The zero-order chi connectivity index (χ0) is 19.8. The lowest BCUT2D eigenvalue weighted by atomic mass is 9.71. The number of aryl methyl sites for hydroxylation is 1. The minimum atomic E-state index is -3.63. The lowest BCUT2D eigenvalue weighted by Crippen LogP contribution is -2.49. The molecule has 8 heteroatoms. The summed E-state index contributed by atoms with van der Waals surface area (Å²) in [6, 6.07) is 6.92. The van der Waals surface area contributed by atoms with Crippen molar-refractivity contribution in [2.75, 3.05) is 52.6 Å². The first-order valence-electron chi connectivity index (χ1n) is 9.94. The van der Waals surface area contributed by atoms with Crippen molar-refractivity contribution in [1.82, 2.24) is 9.21 Å². The Morgan fingerprint density at radius 1 is 1.04 bits per heavy atom. The second-order valence-electron chi connectivity index (χ2n) is 8.08. The van der Waals surface area contributed by atoms with Crippen LogP contribution in [0.2, 0.25) is 0 Å². The number of rotatable bonds is 3. The number of nitrogens with zero attached hydrogens (tertiary/aromatic N) is 2. The lowest BCUT2D eigenvalue weighted by molar-refractivity contribution is -0.144. The van der Waals surface area contributed by atoms with Gasteiger partial charge in [0.25, 0.3) is 0 Å². The average molecular weight is 409 g/mol. The zero-order valence-corrected chi connectivity index (χ0v) is 17.1. The van der Waals surface area contributed by atoms with Crippen molar-refractivity contribution in [3.05, 3.63) is 29.8 Å². The number of hydrogen-bond acceptors (Lipinski definition) is 5. The van der Waals surface area contributed by atoms with E-state index in [0.29, 0.717) is 63.8 Å². The largest absolute Gasteiger partial charge is 0.381 e. The fourth-order valence-electron chi connectivity index (χ4n) is 4.59. The van der Waals surface area contributed by atoms with Crippen LogP contribution in [0.3, 0.4) is 0 Å². The minimum absolute atomic E-state index is 0.0619. The van der Waals surface area contributed by atoms with Crippen LogP contribution in [-0.4, -0.2) is 76.1 Å². The summed E-state index contributed by atoms with van der Waals surface area (Å²) in [7, 11) is -3.63. The Bertz CT molecular complexity index is 812. The van der Waals surface area contributed by atoms with Gasteiger partial charge >= 0.3 is 0 Å². The molecule has 0 radical (unpaired) electrons. The van der Waals surface area contributed by atoms with Crippen LogP contribution in [0.25, 0.3) is 0 Å². The number of carbonyl (C=O) groups excluding carboxylic acids is 1. The van der Waals surface area contributed by atoms with Crippen LogP contribution in [0, 0.1) is 18.3 Å². The number of sulfonamides is 1. The van der Waals surface area contributed by atoms with Gasteiger partial charge in [-0.05, 0) is 31.9 Å². The second kappa shape index (κ2) is 7.74. The Labute approximate surface area is 166 Å². The highest BCUT2D eigenvalue weighted by atomic mass is 32.2. The molecule has 3 saturated heterocycles. The predicted octanol–water partition coefficient (Wildman–Crippen LogP) is 1.27. The number of morpholine rings is 1.